The summed E-state index contributed by atoms with van der Waals surface area (Å²) in [5.41, 5.74) is 3.24. The Morgan fingerprint density at radius 2 is 1.64 bits per heavy atom. The minimum atomic E-state index is -0.260. The van der Waals surface area contributed by atoms with Crippen LogP contribution >= 0.6 is 0 Å². The molecule has 0 aliphatic heterocycles. The summed E-state index contributed by atoms with van der Waals surface area (Å²) < 4.78 is 5.70. The van der Waals surface area contributed by atoms with Crippen molar-refractivity contribution in [2.24, 2.45) is 0 Å². The molecular weight excluding hydrogens is 316 g/mol. The monoisotopic (exact) mass is 334 g/mol. The molecule has 1 heterocycles. The maximum Gasteiger partial charge on any atom is 0.248 e. The molecule has 1 aromatic heterocycles. The smallest absolute Gasteiger partial charge is 0.248 e. The van der Waals surface area contributed by atoms with Crippen molar-refractivity contribution in [1.82, 2.24) is 0 Å². The number of fused-ring (bicyclic) bond motifs is 1. The Balaban J connectivity index is 1.64. The Labute approximate surface area is 145 Å². The van der Waals surface area contributed by atoms with Crippen molar-refractivity contribution in [2.75, 3.05) is 10.6 Å². The van der Waals surface area contributed by atoms with Gasteiger partial charge in [-0.15, -0.1) is 0 Å². The average molecular weight is 334 g/mol. The Hall–Kier alpha value is -3.34. The molecule has 0 spiro atoms. The highest BCUT2D eigenvalue weighted by atomic mass is 16.3. The number of hydrogen-bond donors (Lipinski definition) is 2. The van der Waals surface area contributed by atoms with Crippen molar-refractivity contribution in [3.8, 4) is 0 Å². The topological polar surface area (TPSA) is 71.3 Å². The standard InChI is InChI=1S/C20H18N2O3/c1-13-3-4-15-12-18(25-19(15)11-13)9-10-20(24)22-17-7-5-16(6-8-17)21-14(2)23/h3-12H,1-2H3,(H,21,23)(H,22,24)/b10-9+. The number of benzene rings is 2. The summed E-state index contributed by atoms with van der Waals surface area (Å²) in [5.74, 6) is 0.224. The van der Waals surface area contributed by atoms with Gasteiger partial charge >= 0.3 is 0 Å². The number of amides is 2. The molecule has 0 aliphatic carbocycles. The van der Waals surface area contributed by atoms with Crippen LogP contribution in [0.3, 0.4) is 0 Å². The molecule has 0 bridgehead atoms. The molecular formula is C20H18N2O3. The molecule has 0 saturated heterocycles. The molecule has 5 heteroatoms. The lowest BCUT2D eigenvalue weighted by Crippen LogP contribution is -2.08. The second-order valence-corrected chi connectivity index (χ2v) is 5.77. The van der Waals surface area contributed by atoms with E-state index in [0.717, 1.165) is 16.5 Å². The van der Waals surface area contributed by atoms with Gasteiger partial charge in [0.05, 0.1) is 0 Å². The van der Waals surface area contributed by atoms with Crippen LogP contribution in [0.15, 0.2) is 59.0 Å². The number of anilines is 2. The Kier molecular flexibility index (Phi) is 4.66. The molecule has 0 fully saturated rings. The molecule has 5 nitrogen and oxygen atoms in total. The zero-order valence-electron chi connectivity index (χ0n) is 14.0. The minimum Gasteiger partial charge on any atom is -0.457 e. The summed E-state index contributed by atoms with van der Waals surface area (Å²) in [7, 11) is 0. The molecule has 0 unspecified atom stereocenters. The maximum atomic E-state index is 12.0. The third kappa shape index (κ3) is 4.35. The summed E-state index contributed by atoms with van der Waals surface area (Å²) >= 11 is 0. The van der Waals surface area contributed by atoms with E-state index in [1.54, 1.807) is 30.3 Å². The van der Waals surface area contributed by atoms with Crippen LogP contribution in [-0.4, -0.2) is 11.8 Å². The molecule has 126 valence electrons. The summed E-state index contributed by atoms with van der Waals surface area (Å²) in [6.45, 7) is 3.45. The Morgan fingerprint density at radius 1 is 0.960 bits per heavy atom. The fraction of sp³-hybridized carbons (Fsp3) is 0.100. The summed E-state index contributed by atoms with van der Waals surface area (Å²) in [4.78, 5) is 23.0. The van der Waals surface area contributed by atoms with Gasteiger partial charge in [-0.2, -0.15) is 0 Å². The number of carbonyl (C=O) groups is 2. The number of furan rings is 1. The molecule has 0 atom stereocenters. The Bertz CT molecular complexity index is 953. The zero-order valence-corrected chi connectivity index (χ0v) is 14.0. The van der Waals surface area contributed by atoms with Crippen LogP contribution in [0.25, 0.3) is 17.0 Å². The second-order valence-electron chi connectivity index (χ2n) is 5.77. The van der Waals surface area contributed by atoms with Crippen LogP contribution in [0, 0.1) is 6.92 Å². The molecule has 0 aliphatic rings. The Morgan fingerprint density at radius 3 is 2.32 bits per heavy atom. The number of nitrogens with one attached hydrogen (secondary N) is 2. The number of aryl methyl sites for hydroxylation is 1. The first-order chi connectivity index (χ1) is 12.0. The van der Waals surface area contributed by atoms with Crippen molar-refractivity contribution >= 4 is 40.2 Å². The van der Waals surface area contributed by atoms with E-state index in [0.29, 0.717) is 17.1 Å². The molecule has 0 saturated carbocycles. The summed E-state index contributed by atoms with van der Waals surface area (Å²) in [6, 6.07) is 14.8. The third-order valence-electron chi connectivity index (χ3n) is 3.57. The van der Waals surface area contributed by atoms with Crippen LogP contribution in [0.1, 0.15) is 18.2 Å². The van der Waals surface area contributed by atoms with Crippen LogP contribution in [0.5, 0.6) is 0 Å². The van der Waals surface area contributed by atoms with Crippen molar-refractivity contribution in [2.45, 2.75) is 13.8 Å². The highest BCUT2D eigenvalue weighted by Gasteiger charge is 2.03. The first kappa shape index (κ1) is 16.5. The zero-order chi connectivity index (χ0) is 17.8. The van der Waals surface area contributed by atoms with Gasteiger partial charge in [0.25, 0.3) is 0 Å². The van der Waals surface area contributed by atoms with Crippen LogP contribution in [0.4, 0.5) is 11.4 Å². The predicted octanol–water partition coefficient (Wildman–Crippen LogP) is 4.35. The van der Waals surface area contributed by atoms with Gasteiger partial charge in [-0.25, -0.2) is 0 Å². The van der Waals surface area contributed by atoms with Crippen LogP contribution < -0.4 is 10.6 Å². The maximum absolute atomic E-state index is 12.0. The highest BCUT2D eigenvalue weighted by Crippen LogP contribution is 2.21. The minimum absolute atomic E-state index is 0.138. The second kappa shape index (κ2) is 7.05. The molecule has 25 heavy (non-hydrogen) atoms. The normalized spacial score (nSPS) is 11.0. The van der Waals surface area contributed by atoms with Crippen LogP contribution in [-0.2, 0) is 9.59 Å². The van der Waals surface area contributed by atoms with Crippen molar-refractivity contribution in [1.29, 1.82) is 0 Å². The average Bonchev–Trinajstić information content (AvgIpc) is 2.96. The van der Waals surface area contributed by atoms with E-state index in [-0.39, 0.29) is 11.8 Å². The summed E-state index contributed by atoms with van der Waals surface area (Å²) in [5, 5.41) is 6.43. The van der Waals surface area contributed by atoms with Crippen molar-refractivity contribution in [3.63, 3.8) is 0 Å². The number of hydrogen-bond acceptors (Lipinski definition) is 3. The van der Waals surface area contributed by atoms with E-state index in [2.05, 4.69) is 10.6 Å². The van der Waals surface area contributed by atoms with Gasteiger partial charge < -0.3 is 15.1 Å². The van der Waals surface area contributed by atoms with E-state index in [4.69, 9.17) is 4.42 Å². The lowest BCUT2D eigenvalue weighted by Gasteiger charge is -2.04. The van der Waals surface area contributed by atoms with Crippen LogP contribution in [0.2, 0.25) is 0 Å². The first-order valence-electron chi connectivity index (χ1n) is 7.86. The van der Waals surface area contributed by atoms with Gasteiger partial charge in [-0.05, 0) is 55.0 Å². The molecule has 2 aromatic carbocycles. The SMILES string of the molecule is CC(=O)Nc1ccc(NC(=O)/C=C/c2cc3ccc(C)cc3o2)cc1. The molecule has 3 aromatic rings. The molecule has 2 amide bonds. The lowest BCUT2D eigenvalue weighted by atomic mass is 10.2. The lowest BCUT2D eigenvalue weighted by molar-refractivity contribution is -0.114. The van der Waals surface area contributed by atoms with E-state index >= 15 is 0 Å². The van der Waals surface area contributed by atoms with Crippen molar-refractivity contribution in [3.05, 3.63) is 65.9 Å². The molecule has 0 radical (unpaired) electrons. The highest BCUT2D eigenvalue weighted by molar-refractivity contribution is 6.02. The van der Waals surface area contributed by atoms with E-state index < -0.39 is 0 Å². The predicted molar refractivity (Wildman–Crippen MR) is 99.4 cm³/mol. The van der Waals surface area contributed by atoms with E-state index in [1.165, 1.54) is 13.0 Å². The summed E-state index contributed by atoms with van der Waals surface area (Å²) in [6.07, 6.45) is 3.06. The fourth-order valence-electron chi connectivity index (χ4n) is 2.42. The van der Waals surface area contributed by atoms with Gasteiger partial charge in [0, 0.05) is 29.8 Å². The quantitative estimate of drug-likeness (QED) is 0.697. The van der Waals surface area contributed by atoms with Gasteiger partial charge in [0.2, 0.25) is 11.8 Å². The number of carbonyl (C=O) groups excluding carboxylic acids is 2. The number of rotatable bonds is 4. The van der Waals surface area contributed by atoms with Gasteiger partial charge in [-0.3, -0.25) is 9.59 Å². The van der Waals surface area contributed by atoms with E-state index in [9.17, 15) is 9.59 Å². The fourth-order valence-corrected chi connectivity index (χ4v) is 2.42. The molecule has 2 N–H and O–H groups in total. The van der Waals surface area contributed by atoms with Gasteiger partial charge in [0.15, 0.2) is 0 Å². The molecule has 3 rings (SSSR count). The first-order valence-corrected chi connectivity index (χ1v) is 7.86. The van der Waals surface area contributed by atoms with Crippen molar-refractivity contribution < 1.29 is 14.0 Å². The largest absolute Gasteiger partial charge is 0.457 e. The van der Waals surface area contributed by atoms with E-state index in [1.807, 2.05) is 31.2 Å². The van der Waals surface area contributed by atoms with Gasteiger partial charge in [0.1, 0.15) is 11.3 Å². The third-order valence-corrected chi connectivity index (χ3v) is 3.57. The van der Waals surface area contributed by atoms with Gasteiger partial charge in [-0.1, -0.05) is 12.1 Å².